The number of hydrogen-bond acceptors (Lipinski definition) is 3. The molecule has 0 radical (unpaired) electrons. The quantitative estimate of drug-likeness (QED) is 0.823. The van der Waals surface area contributed by atoms with Gasteiger partial charge >= 0.3 is 0 Å². The SMILES string of the molecule is O=[SH](=O)Oc1cccc2cc(Cl)ccc12. The third kappa shape index (κ3) is 2.22. The number of benzene rings is 2. The zero-order chi connectivity index (χ0) is 10.8. The van der Waals surface area contributed by atoms with E-state index in [-0.39, 0.29) is 0 Å². The molecule has 0 saturated carbocycles. The Balaban J connectivity index is 2.65. The zero-order valence-electron chi connectivity index (χ0n) is 7.51. The van der Waals surface area contributed by atoms with Crippen LogP contribution in [0.25, 0.3) is 10.8 Å². The lowest BCUT2D eigenvalue weighted by molar-refractivity contribution is 0.513. The van der Waals surface area contributed by atoms with Gasteiger partial charge in [0.05, 0.1) is 0 Å². The molecule has 0 amide bonds. The Morgan fingerprint density at radius 2 is 1.93 bits per heavy atom. The van der Waals surface area contributed by atoms with Crippen molar-refractivity contribution in [2.45, 2.75) is 0 Å². The minimum absolute atomic E-state index is 0.320. The van der Waals surface area contributed by atoms with Gasteiger partial charge in [-0.25, -0.2) is 0 Å². The first-order chi connectivity index (χ1) is 7.16. The summed E-state index contributed by atoms with van der Waals surface area (Å²) in [6, 6.07) is 10.3. The van der Waals surface area contributed by atoms with E-state index in [0.717, 1.165) is 10.8 Å². The van der Waals surface area contributed by atoms with Gasteiger partial charge in [-0.2, -0.15) is 8.42 Å². The molecule has 2 aromatic carbocycles. The smallest absolute Gasteiger partial charge is 0.299 e. The topological polar surface area (TPSA) is 43.4 Å². The summed E-state index contributed by atoms with van der Waals surface area (Å²) in [5.74, 6) is 0.320. The fourth-order valence-corrected chi connectivity index (χ4v) is 1.89. The molecule has 5 heteroatoms. The Bertz CT molecular complexity index is 570. The molecule has 0 heterocycles. The standard InChI is InChI=1S/C10H7ClO3S/c11-8-4-5-9-7(6-8)2-1-3-10(9)14-15(12)13/h1-6,15H. The highest BCUT2D eigenvalue weighted by atomic mass is 35.5. The molecule has 0 bridgehead atoms. The summed E-state index contributed by atoms with van der Waals surface area (Å²) >= 11 is 5.82. The van der Waals surface area contributed by atoms with E-state index >= 15 is 0 Å². The number of halogens is 1. The Morgan fingerprint density at radius 3 is 2.67 bits per heavy atom. The van der Waals surface area contributed by atoms with Gasteiger partial charge in [-0.05, 0) is 29.7 Å². The largest absolute Gasteiger partial charge is 0.384 e. The molecule has 78 valence electrons. The van der Waals surface area contributed by atoms with Crippen LogP contribution >= 0.6 is 11.6 Å². The van der Waals surface area contributed by atoms with Crippen molar-refractivity contribution in [1.29, 1.82) is 0 Å². The van der Waals surface area contributed by atoms with Crippen molar-refractivity contribution in [2.75, 3.05) is 0 Å². The second kappa shape index (κ2) is 4.08. The first-order valence-electron chi connectivity index (χ1n) is 4.17. The zero-order valence-corrected chi connectivity index (χ0v) is 9.16. The fourth-order valence-electron chi connectivity index (χ4n) is 1.38. The minimum Gasteiger partial charge on any atom is -0.384 e. The third-order valence-corrected chi connectivity index (χ3v) is 2.56. The number of thiol groups is 1. The predicted molar refractivity (Wildman–Crippen MR) is 59.9 cm³/mol. The molecule has 0 N–H and O–H groups in total. The van der Waals surface area contributed by atoms with Gasteiger partial charge in [0.25, 0.3) is 11.0 Å². The average Bonchev–Trinajstić information content (AvgIpc) is 2.16. The molecule has 0 aliphatic carbocycles. The second-order valence-corrected chi connectivity index (χ2v) is 4.00. The number of fused-ring (bicyclic) bond motifs is 1. The van der Waals surface area contributed by atoms with Crippen molar-refractivity contribution >= 4 is 33.4 Å². The van der Waals surface area contributed by atoms with Gasteiger partial charge < -0.3 is 4.18 Å². The minimum atomic E-state index is -2.89. The summed E-state index contributed by atoms with van der Waals surface area (Å²) < 4.78 is 25.6. The Labute approximate surface area is 93.4 Å². The van der Waals surface area contributed by atoms with Crippen LogP contribution in [0.1, 0.15) is 0 Å². The molecule has 15 heavy (non-hydrogen) atoms. The molecule has 0 aliphatic heterocycles. The van der Waals surface area contributed by atoms with Gasteiger partial charge in [-0.1, -0.05) is 23.7 Å². The van der Waals surface area contributed by atoms with Crippen LogP contribution in [-0.2, 0) is 11.0 Å². The highest BCUT2D eigenvalue weighted by molar-refractivity contribution is 7.67. The molecule has 0 atom stereocenters. The molecule has 0 saturated heterocycles. The highest BCUT2D eigenvalue weighted by Gasteiger charge is 2.02. The lowest BCUT2D eigenvalue weighted by Gasteiger charge is -2.03. The molecule has 2 aromatic rings. The van der Waals surface area contributed by atoms with Crippen molar-refractivity contribution in [2.24, 2.45) is 0 Å². The van der Waals surface area contributed by atoms with E-state index in [0.29, 0.717) is 10.8 Å². The summed E-state index contributed by atoms with van der Waals surface area (Å²) in [6.07, 6.45) is 0. The molecular formula is C10H7ClO3S. The predicted octanol–water partition coefficient (Wildman–Crippen LogP) is 2.40. The molecule has 0 spiro atoms. The van der Waals surface area contributed by atoms with Crippen LogP contribution < -0.4 is 4.18 Å². The Hall–Kier alpha value is -1.26. The molecule has 2 rings (SSSR count). The number of hydrogen-bond donors (Lipinski definition) is 1. The number of rotatable bonds is 2. The van der Waals surface area contributed by atoms with E-state index in [1.54, 1.807) is 30.3 Å². The molecule has 0 unspecified atom stereocenters. The molecule has 0 aromatic heterocycles. The van der Waals surface area contributed by atoms with Crippen LogP contribution in [0.2, 0.25) is 5.02 Å². The van der Waals surface area contributed by atoms with E-state index < -0.39 is 11.0 Å². The van der Waals surface area contributed by atoms with Crippen LogP contribution in [0, 0.1) is 0 Å². The molecular weight excluding hydrogens is 236 g/mol. The van der Waals surface area contributed by atoms with Crippen molar-refractivity contribution < 1.29 is 12.6 Å². The molecule has 0 aliphatic rings. The highest BCUT2D eigenvalue weighted by Crippen LogP contribution is 2.27. The first kappa shape index (κ1) is 10.3. The maximum atomic E-state index is 10.5. The first-order valence-corrected chi connectivity index (χ1v) is 5.65. The normalized spacial score (nSPS) is 10.8. The summed E-state index contributed by atoms with van der Waals surface area (Å²) in [7, 11) is -2.89. The van der Waals surface area contributed by atoms with Crippen molar-refractivity contribution in [1.82, 2.24) is 0 Å². The van der Waals surface area contributed by atoms with Crippen LogP contribution in [0.4, 0.5) is 0 Å². The lowest BCUT2D eigenvalue weighted by atomic mass is 10.1. The van der Waals surface area contributed by atoms with Crippen molar-refractivity contribution in [3.63, 3.8) is 0 Å². The van der Waals surface area contributed by atoms with Gasteiger partial charge in [0.1, 0.15) is 5.75 Å². The third-order valence-electron chi connectivity index (χ3n) is 1.98. The Morgan fingerprint density at radius 1 is 1.13 bits per heavy atom. The summed E-state index contributed by atoms with van der Waals surface area (Å²) in [6.45, 7) is 0. The van der Waals surface area contributed by atoms with Gasteiger partial charge in [-0.15, -0.1) is 0 Å². The molecule has 3 nitrogen and oxygen atoms in total. The maximum Gasteiger partial charge on any atom is 0.299 e. The van der Waals surface area contributed by atoms with Gasteiger partial charge in [0.2, 0.25) is 0 Å². The second-order valence-electron chi connectivity index (χ2n) is 2.94. The molecule has 0 fully saturated rings. The fraction of sp³-hybridized carbons (Fsp3) is 0. The maximum absolute atomic E-state index is 10.5. The van der Waals surface area contributed by atoms with E-state index in [1.807, 2.05) is 6.07 Å². The van der Waals surface area contributed by atoms with Gasteiger partial charge in [0.15, 0.2) is 0 Å². The van der Waals surface area contributed by atoms with E-state index in [2.05, 4.69) is 4.18 Å². The van der Waals surface area contributed by atoms with Crippen molar-refractivity contribution in [3.8, 4) is 5.75 Å². The Kier molecular flexibility index (Phi) is 2.79. The van der Waals surface area contributed by atoms with Crippen LogP contribution in [0.15, 0.2) is 36.4 Å². The lowest BCUT2D eigenvalue weighted by Crippen LogP contribution is -1.90. The van der Waals surface area contributed by atoms with E-state index in [1.165, 1.54) is 0 Å². The van der Waals surface area contributed by atoms with E-state index in [9.17, 15) is 8.42 Å². The van der Waals surface area contributed by atoms with Crippen LogP contribution in [-0.4, -0.2) is 8.42 Å². The summed E-state index contributed by atoms with van der Waals surface area (Å²) in [5.41, 5.74) is 0. The summed E-state index contributed by atoms with van der Waals surface area (Å²) in [5, 5.41) is 2.17. The van der Waals surface area contributed by atoms with Crippen molar-refractivity contribution in [3.05, 3.63) is 41.4 Å². The summed E-state index contributed by atoms with van der Waals surface area (Å²) in [4.78, 5) is 0. The van der Waals surface area contributed by atoms with E-state index in [4.69, 9.17) is 11.6 Å². The van der Waals surface area contributed by atoms with Gasteiger partial charge in [0, 0.05) is 10.4 Å². The van der Waals surface area contributed by atoms with Crippen LogP contribution in [0.5, 0.6) is 5.75 Å². The van der Waals surface area contributed by atoms with Crippen LogP contribution in [0.3, 0.4) is 0 Å². The average molecular weight is 243 g/mol. The monoisotopic (exact) mass is 242 g/mol. The van der Waals surface area contributed by atoms with Gasteiger partial charge in [-0.3, -0.25) is 0 Å².